The molecule has 2 rings (SSSR count). The van der Waals surface area contributed by atoms with Crippen molar-refractivity contribution in [3.8, 4) is 0 Å². The van der Waals surface area contributed by atoms with Crippen molar-refractivity contribution in [1.82, 2.24) is 9.88 Å². The Kier molecular flexibility index (Phi) is 8.46. The lowest BCUT2D eigenvalue weighted by atomic mass is 10.2. The quantitative estimate of drug-likeness (QED) is 0.805. The molecule has 2 N–H and O–H groups in total. The van der Waals surface area contributed by atoms with Gasteiger partial charge in [0.05, 0.1) is 0 Å². The van der Waals surface area contributed by atoms with E-state index in [1.54, 1.807) is 0 Å². The molecular weight excluding hydrogens is 332 g/mol. The Hall–Kier alpha value is -2.44. The molecule has 0 saturated heterocycles. The maximum Gasteiger partial charge on any atom is 0.414 e. The summed E-state index contributed by atoms with van der Waals surface area (Å²) in [6.45, 7) is 1.84. The van der Waals surface area contributed by atoms with Gasteiger partial charge in [0.1, 0.15) is 0 Å². The van der Waals surface area contributed by atoms with Gasteiger partial charge in [-0.25, -0.2) is 9.59 Å². The molecule has 6 nitrogen and oxygen atoms in total. The van der Waals surface area contributed by atoms with E-state index in [1.807, 2.05) is 36.5 Å². The van der Waals surface area contributed by atoms with Gasteiger partial charge in [-0.15, -0.1) is 0 Å². The predicted octanol–water partition coefficient (Wildman–Crippen LogP) is 2.57. The SMILES string of the molecule is CN(CCc1ccccn1)Cc1ccccc1Cl.O=C(O)C(=O)O. The van der Waals surface area contributed by atoms with Crippen LogP contribution >= 0.6 is 11.6 Å². The van der Waals surface area contributed by atoms with Gasteiger partial charge in [0, 0.05) is 36.4 Å². The van der Waals surface area contributed by atoms with E-state index in [0.29, 0.717) is 0 Å². The molecule has 1 heterocycles. The number of nitrogens with zero attached hydrogens (tertiary/aromatic N) is 2. The van der Waals surface area contributed by atoms with Gasteiger partial charge in [-0.1, -0.05) is 35.9 Å². The van der Waals surface area contributed by atoms with E-state index < -0.39 is 11.9 Å². The Morgan fingerprint density at radius 2 is 1.71 bits per heavy atom. The number of aliphatic carboxylic acids is 2. The summed E-state index contributed by atoms with van der Waals surface area (Å²) in [6.07, 6.45) is 2.80. The highest BCUT2D eigenvalue weighted by Crippen LogP contribution is 2.16. The van der Waals surface area contributed by atoms with Crippen molar-refractivity contribution >= 4 is 23.5 Å². The van der Waals surface area contributed by atoms with Gasteiger partial charge < -0.3 is 15.1 Å². The fourth-order valence-corrected chi connectivity index (χ4v) is 2.04. The summed E-state index contributed by atoms with van der Waals surface area (Å²) in [4.78, 5) is 24.8. The summed E-state index contributed by atoms with van der Waals surface area (Å²) >= 11 is 6.15. The molecule has 0 atom stereocenters. The Balaban J connectivity index is 0.000000413. The lowest BCUT2D eigenvalue weighted by Gasteiger charge is -2.17. The van der Waals surface area contributed by atoms with Crippen LogP contribution < -0.4 is 0 Å². The first-order valence-electron chi connectivity index (χ1n) is 7.18. The Labute approximate surface area is 145 Å². The van der Waals surface area contributed by atoms with E-state index in [2.05, 4.69) is 29.1 Å². The number of rotatable bonds is 5. The third-order valence-corrected chi connectivity index (χ3v) is 3.43. The molecule has 0 aliphatic rings. The zero-order chi connectivity index (χ0) is 17.9. The van der Waals surface area contributed by atoms with Crippen molar-refractivity contribution in [2.24, 2.45) is 0 Å². The van der Waals surface area contributed by atoms with E-state index >= 15 is 0 Å². The molecule has 2 aromatic rings. The van der Waals surface area contributed by atoms with Crippen molar-refractivity contribution in [3.05, 3.63) is 64.9 Å². The van der Waals surface area contributed by atoms with Crippen molar-refractivity contribution < 1.29 is 19.8 Å². The summed E-state index contributed by atoms with van der Waals surface area (Å²) in [5, 5.41) is 15.6. The molecule has 0 spiro atoms. The number of carboxylic acid groups (broad SMARTS) is 2. The van der Waals surface area contributed by atoms with Crippen LogP contribution in [-0.4, -0.2) is 45.6 Å². The van der Waals surface area contributed by atoms with Gasteiger partial charge in [0.25, 0.3) is 0 Å². The summed E-state index contributed by atoms with van der Waals surface area (Å²) in [5.74, 6) is -3.65. The molecule has 0 radical (unpaired) electrons. The third-order valence-electron chi connectivity index (χ3n) is 3.06. The number of pyridine rings is 1. The Morgan fingerprint density at radius 3 is 2.25 bits per heavy atom. The van der Waals surface area contributed by atoms with Crippen LogP contribution in [0, 0.1) is 0 Å². The first-order chi connectivity index (χ1) is 11.4. The Bertz CT molecular complexity index is 653. The van der Waals surface area contributed by atoms with Crippen LogP contribution in [0.4, 0.5) is 0 Å². The van der Waals surface area contributed by atoms with Gasteiger partial charge in [0.15, 0.2) is 0 Å². The molecule has 0 saturated carbocycles. The second kappa shape index (κ2) is 10.4. The number of carbonyl (C=O) groups is 2. The minimum Gasteiger partial charge on any atom is -0.473 e. The molecule has 1 aromatic heterocycles. The van der Waals surface area contributed by atoms with E-state index in [0.717, 1.165) is 30.2 Å². The summed E-state index contributed by atoms with van der Waals surface area (Å²) in [5.41, 5.74) is 2.30. The second-order valence-corrected chi connectivity index (χ2v) is 5.42. The zero-order valence-corrected chi connectivity index (χ0v) is 14.0. The van der Waals surface area contributed by atoms with Gasteiger partial charge in [-0.05, 0) is 30.8 Å². The van der Waals surface area contributed by atoms with Gasteiger partial charge >= 0.3 is 11.9 Å². The molecule has 0 aliphatic carbocycles. The van der Waals surface area contributed by atoms with Crippen LogP contribution in [0.2, 0.25) is 5.02 Å². The Morgan fingerprint density at radius 1 is 1.08 bits per heavy atom. The monoisotopic (exact) mass is 350 g/mol. The van der Waals surface area contributed by atoms with Crippen molar-refractivity contribution in [2.45, 2.75) is 13.0 Å². The van der Waals surface area contributed by atoms with E-state index in [4.69, 9.17) is 31.4 Å². The number of halogens is 1. The summed E-state index contributed by atoms with van der Waals surface area (Å²) in [7, 11) is 2.10. The molecule has 24 heavy (non-hydrogen) atoms. The number of likely N-dealkylation sites (N-methyl/N-ethyl adjacent to an activating group) is 1. The van der Waals surface area contributed by atoms with Crippen molar-refractivity contribution in [2.75, 3.05) is 13.6 Å². The predicted molar refractivity (Wildman–Crippen MR) is 91.0 cm³/mol. The van der Waals surface area contributed by atoms with Gasteiger partial charge in [-0.2, -0.15) is 0 Å². The smallest absolute Gasteiger partial charge is 0.414 e. The highest BCUT2D eigenvalue weighted by atomic mass is 35.5. The maximum absolute atomic E-state index is 9.10. The molecule has 128 valence electrons. The number of hydrogen-bond acceptors (Lipinski definition) is 4. The fraction of sp³-hybridized carbons (Fsp3) is 0.235. The second-order valence-electron chi connectivity index (χ2n) is 5.01. The summed E-state index contributed by atoms with van der Waals surface area (Å²) < 4.78 is 0. The van der Waals surface area contributed by atoms with Gasteiger partial charge in [-0.3, -0.25) is 4.98 Å². The third kappa shape index (κ3) is 7.71. The first kappa shape index (κ1) is 19.6. The molecule has 7 heteroatoms. The van der Waals surface area contributed by atoms with Crippen LogP contribution in [0.1, 0.15) is 11.3 Å². The maximum atomic E-state index is 9.10. The van der Waals surface area contributed by atoms with Crippen LogP contribution in [0.25, 0.3) is 0 Å². The minimum absolute atomic E-state index is 0.835. The lowest BCUT2D eigenvalue weighted by Crippen LogP contribution is -2.21. The number of benzene rings is 1. The van der Waals surface area contributed by atoms with Crippen LogP contribution in [0.15, 0.2) is 48.7 Å². The number of hydrogen-bond donors (Lipinski definition) is 2. The molecule has 0 unspecified atom stereocenters. The molecule has 0 amide bonds. The average Bonchev–Trinajstić information content (AvgIpc) is 2.56. The summed E-state index contributed by atoms with van der Waals surface area (Å²) in [6, 6.07) is 14.0. The molecule has 0 aliphatic heterocycles. The topological polar surface area (TPSA) is 90.7 Å². The van der Waals surface area contributed by atoms with Crippen LogP contribution in [0.3, 0.4) is 0 Å². The first-order valence-corrected chi connectivity index (χ1v) is 7.56. The van der Waals surface area contributed by atoms with Crippen LogP contribution in [0.5, 0.6) is 0 Å². The lowest BCUT2D eigenvalue weighted by molar-refractivity contribution is -0.159. The van der Waals surface area contributed by atoms with Crippen LogP contribution in [-0.2, 0) is 22.6 Å². The fourth-order valence-electron chi connectivity index (χ4n) is 1.85. The highest BCUT2D eigenvalue weighted by molar-refractivity contribution is 6.31. The normalized spacial score (nSPS) is 9.96. The number of aromatic nitrogens is 1. The average molecular weight is 351 g/mol. The van der Waals surface area contributed by atoms with E-state index in [1.165, 1.54) is 5.56 Å². The molecule has 0 bridgehead atoms. The minimum atomic E-state index is -1.82. The molecule has 1 aromatic carbocycles. The molecule has 0 fully saturated rings. The van der Waals surface area contributed by atoms with Crippen molar-refractivity contribution in [3.63, 3.8) is 0 Å². The standard InChI is InChI=1S/C15H17ClN2.C2H2O4/c1-18(11-9-14-7-4-5-10-17-14)12-13-6-2-3-8-15(13)16;3-1(4)2(5)6/h2-8,10H,9,11-12H2,1H3;(H,3,4)(H,5,6). The largest absolute Gasteiger partial charge is 0.473 e. The highest BCUT2D eigenvalue weighted by Gasteiger charge is 2.05. The molecular formula is C17H19ClN2O4. The number of carboxylic acids is 2. The van der Waals surface area contributed by atoms with Crippen molar-refractivity contribution in [1.29, 1.82) is 0 Å². The zero-order valence-electron chi connectivity index (χ0n) is 13.2. The van der Waals surface area contributed by atoms with E-state index in [-0.39, 0.29) is 0 Å². The van der Waals surface area contributed by atoms with E-state index in [9.17, 15) is 0 Å². The van der Waals surface area contributed by atoms with Gasteiger partial charge in [0.2, 0.25) is 0 Å².